The smallest absolute Gasteiger partial charge is 0.128 e. The van der Waals surface area contributed by atoms with Gasteiger partial charge in [-0.25, -0.2) is 0 Å². The Hall–Kier alpha value is -2.66. The maximum Gasteiger partial charge on any atom is 0.128 e. The highest BCUT2D eigenvalue weighted by Crippen LogP contribution is 2.19. The van der Waals surface area contributed by atoms with Gasteiger partial charge >= 0.3 is 0 Å². The van der Waals surface area contributed by atoms with Crippen molar-refractivity contribution in [2.45, 2.75) is 6.54 Å². The van der Waals surface area contributed by atoms with E-state index in [1.807, 2.05) is 12.1 Å². The van der Waals surface area contributed by atoms with Gasteiger partial charge in [0, 0.05) is 24.2 Å². The number of aromatic nitrogens is 3. The molecule has 5 heteroatoms. The van der Waals surface area contributed by atoms with Crippen molar-refractivity contribution >= 4 is 0 Å². The summed E-state index contributed by atoms with van der Waals surface area (Å²) in [6.07, 6.45) is 4.85. The molecule has 2 aromatic rings. The highest BCUT2D eigenvalue weighted by molar-refractivity contribution is 5.64. The SMILES string of the molecule is N#CCn1cc(C#N)c(-c2cccnc2)n1. The van der Waals surface area contributed by atoms with Crippen LogP contribution >= 0.6 is 0 Å². The van der Waals surface area contributed by atoms with Crippen molar-refractivity contribution in [2.24, 2.45) is 0 Å². The summed E-state index contributed by atoms with van der Waals surface area (Å²) in [6.45, 7) is 0.134. The van der Waals surface area contributed by atoms with Gasteiger partial charge in [-0.1, -0.05) is 0 Å². The van der Waals surface area contributed by atoms with Crippen molar-refractivity contribution in [3.8, 4) is 23.4 Å². The molecule has 0 aliphatic carbocycles. The molecule has 5 nitrogen and oxygen atoms in total. The number of pyridine rings is 1. The van der Waals surface area contributed by atoms with Gasteiger partial charge in [0.15, 0.2) is 0 Å². The van der Waals surface area contributed by atoms with Crippen LogP contribution < -0.4 is 0 Å². The fourth-order valence-electron chi connectivity index (χ4n) is 1.37. The van der Waals surface area contributed by atoms with Gasteiger partial charge in [-0.05, 0) is 12.1 Å². The predicted octanol–water partition coefficient (Wildman–Crippen LogP) is 1.34. The molecule has 76 valence electrons. The zero-order valence-electron chi connectivity index (χ0n) is 8.33. The molecule has 0 saturated heterocycles. The zero-order valence-corrected chi connectivity index (χ0v) is 8.33. The molecule has 2 aromatic heterocycles. The van der Waals surface area contributed by atoms with Crippen molar-refractivity contribution in [1.29, 1.82) is 10.5 Å². The van der Waals surface area contributed by atoms with E-state index in [0.29, 0.717) is 11.3 Å². The van der Waals surface area contributed by atoms with E-state index in [9.17, 15) is 0 Å². The van der Waals surface area contributed by atoms with Crippen LogP contribution in [0.1, 0.15) is 5.56 Å². The third kappa shape index (κ3) is 1.75. The van der Waals surface area contributed by atoms with Crippen LogP contribution in [0.15, 0.2) is 30.7 Å². The van der Waals surface area contributed by atoms with E-state index >= 15 is 0 Å². The molecule has 0 unspecified atom stereocenters. The van der Waals surface area contributed by atoms with Crippen molar-refractivity contribution in [2.75, 3.05) is 0 Å². The van der Waals surface area contributed by atoms with Crippen LogP contribution in [0.5, 0.6) is 0 Å². The first-order valence-corrected chi connectivity index (χ1v) is 4.60. The van der Waals surface area contributed by atoms with Gasteiger partial charge in [0.05, 0.1) is 11.6 Å². The lowest BCUT2D eigenvalue weighted by atomic mass is 10.1. The number of hydrogen-bond acceptors (Lipinski definition) is 4. The normalized spacial score (nSPS) is 9.38. The van der Waals surface area contributed by atoms with Crippen molar-refractivity contribution in [1.82, 2.24) is 14.8 Å². The Kier molecular flexibility index (Phi) is 2.62. The summed E-state index contributed by atoms with van der Waals surface area (Å²) < 4.78 is 1.45. The topological polar surface area (TPSA) is 78.3 Å². The van der Waals surface area contributed by atoms with Crippen LogP contribution in [0.25, 0.3) is 11.3 Å². The molecule has 2 heterocycles. The molecule has 0 spiro atoms. The van der Waals surface area contributed by atoms with Crippen LogP contribution in [0.2, 0.25) is 0 Å². The maximum atomic E-state index is 8.95. The van der Waals surface area contributed by atoms with Gasteiger partial charge in [-0.3, -0.25) is 9.67 Å². The molecule has 0 radical (unpaired) electrons. The fraction of sp³-hybridized carbons (Fsp3) is 0.0909. The van der Waals surface area contributed by atoms with E-state index in [1.54, 1.807) is 24.7 Å². The molecule has 0 aliphatic rings. The minimum atomic E-state index is 0.134. The Morgan fingerprint density at radius 3 is 2.88 bits per heavy atom. The molecule has 16 heavy (non-hydrogen) atoms. The van der Waals surface area contributed by atoms with E-state index in [-0.39, 0.29) is 6.54 Å². The second kappa shape index (κ2) is 4.24. The lowest BCUT2D eigenvalue weighted by Gasteiger charge is -1.95. The second-order valence-corrected chi connectivity index (χ2v) is 3.10. The largest absolute Gasteiger partial charge is 0.264 e. The van der Waals surface area contributed by atoms with E-state index in [2.05, 4.69) is 16.2 Å². The van der Waals surface area contributed by atoms with Crippen LogP contribution in [0.4, 0.5) is 0 Å². The third-order valence-corrected chi connectivity index (χ3v) is 2.05. The van der Waals surface area contributed by atoms with Crippen LogP contribution in [0.3, 0.4) is 0 Å². The summed E-state index contributed by atoms with van der Waals surface area (Å²) in [6, 6.07) is 7.63. The monoisotopic (exact) mass is 209 g/mol. The van der Waals surface area contributed by atoms with E-state index in [4.69, 9.17) is 10.5 Å². The van der Waals surface area contributed by atoms with Gasteiger partial charge in [0.25, 0.3) is 0 Å². The van der Waals surface area contributed by atoms with Crippen molar-refractivity contribution in [3.63, 3.8) is 0 Å². The summed E-state index contributed by atoms with van der Waals surface area (Å²) in [5, 5.41) is 21.7. The highest BCUT2D eigenvalue weighted by Gasteiger charge is 2.10. The average Bonchev–Trinajstić information content (AvgIpc) is 2.74. The van der Waals surface area contributed by atoms with E-state index in [0.717, 1.165) is 5.56 Å². The number of rotatable bonds is 2. The van der Waals surface area contributed by atoms with Crippen molar-refractivity contribution < 1.29 is 0 Å². The first-order valence-electron chi connectivity index (χ1n) is 4.60. The Morgan fingerprint density at radius 1 is 1.38 bits per heavy atom. The second-order valence-electron chi connectivity index (χ2n) is 3.10. The summed E-state index contributed by atoms with van der Waals surface area (Å²) in [7, 11) is 0. The molecule has 0 bridgehead atoms. The first-order chi connectivity index (χ1) is 7.85. The van der Waals surface area contributed by atoms with Crippen LogP contribution in [-0.4, -0.2) is 14.8 Å². The average molecular weight is 209 g/mol. The third-order valence-electron chi connectivity index (χ3n) is 2.05. The zero-order chi connectivity index (χ0) is 11.4. The molecule has 0 saturated carbocycles. The molecule has 0 aliphatic heterocycles. The predicted molar refractivity (Wildman–Crippen MR) is 55.8 cm³/mol. The molecular weight excluding hydrogens is 202 g/mol. The Balaban J connectivity index is 2.50. The van der Waals surface area contributed by atoms with Crippen molar-refractivity contribution in [3.05, 3.63) is 36.3 Å². The summed E-state index contributed by atoms with van der Waals surface area (Å²) in [5.74, 6) is 0. The maximum absolute atomic E-state index is 8.95. The quantitative estimate of drug-likeness (QED) is 0.747. The molecule has 0 fully saturated rings. The van der Waals surface area contributed by atoms with Gasteiger partial charge in [-0.15, -0.1) is 0 Å². The summed E-state index contributed by atoms with van der Waals surface area (Å²) in [5.41, 5.74) is 1.78. The fourth-order valence-corrected chi connectivity index (χ4v) is 1.37. The molecule has 0 aromatic carbocycles. The Labute approximate surface area is 92.2 Å². The molecule has 0 amide bonds. The highest BCUT2D eigenvalue weighted by atomic mass is 15.3. The molecular formula is C11H7N5. The molecule has 0 N–H and O–H groups in total. The lowest BCUT2D eigenvalue weighted by Crippen LogP contribution is -1.95. The van der Waals surface area contributed by atoms with E-state index in [1.165, 1.54) is 4.68 Å². The van der Waals surface area contributed by atoms with Gasteiger partial charge in [-0.2, -0.15) is 15.6 Å². The molecule has 2 rings (SSSR count). The summed E-state index contributed by atoms with van der Waals surface area (Å²) in [4.78, 5) is 3.97. The van der Waals surface area contributed by atoms with Gasteiger partial charge < -0.3 is 0 Å². The minimum Gasteiger partial charge on any atom is -0.264 e. The standard InChI is InChI=1S/C11H7N5/c12-3-5-16-8-10(6-13)11(15-16)9-2-1-4-14-7-9/h1-2,4,7-8H,5H2. The number of nitrogens with zero attached hydrogens (tertiary/aromatic N) is 5. The van der Waals surface area contributed by atoms with Gasteiger partial charge in [0.1, 0.15) is 18.3 Å². The number of hydrogen-bond donors (Lipinski definition) is 0. The molecule has 0 atom stereocenters. The Morgan fingerprint density at radius 2 is 2.25 bits per heavy atom. The van der Waals surface area contributed by atoms with Crippen LogP contribution in [0, 0.1) is 22.7 Å². The van der Waals surface area contributed by atoms with E-state index < -0.39 is 0 Å². The minimum absolute atomic E-state index is 0.134. The van der Waals surface area contributed by atoms with Crippen LogP contribution in [-0.2, 0) is 6.54 Å². The summed E-state index contributed by atoms with van der Waals surface area (Å²) >= 11 is 0. The first kappa shape index (κ1) is 9.88. The Bertz CT molecular complexity index is 571. The lowest BCUT2D eigenvalue weighted by molar-refractivity contribution is 0.712. The van der Waals surface area contributed by atoms with Gasteiger partial charge in [0.2, 0.25) is 0 Å². The number of nitriles is 2.